The van der Waals surface area contributed by atoms with E-state index in [9.17, 15) is 13.2 Å². The molecule has 0 aromatic heterocycles. The molecule has 17 heavy (non-hydrogen) atoms. The number of hydrogen-bond donors (Lipinski definition) is 1. The summed E-state index contributed by atoms with van der Waals surface area (Å²) in [5.41, 5.74) is 0.623. The topological polar surface area (TPSA) is 74.7 Å². The molecule has 1 N–H and O–H groups in total. The van der Waals surface area contributed by atoms with Crippen molar-refractivity contribution in [2.75, 3.05) is 13.1 Å². The fourth-order valence-electron chi connectivity index (χ4n) is 1.66. The van der Waals surface area contributed by atoms with Gasteiger partial charge in [-0.05, 0) is 24.1 Å². The highest BCUT2D eigenvalue weighted by Gasteiger charge is 2.27. The van der Waals surface area contributed by atoms with E-state index in [4.69, 9.17) is 5.11 Å². The molecule has 92 valence electrons. The van der Waals surface area contributed by atoms with Gasteiger partial charge in [0.1, 0.15) is 0 Å². The van der Waals surface area contributed by atoms with Gasteiger partial charge in [-0.15, -0.1) is 0 Å². The zero-order valence-corrected chi connectivity index (χ0v) is 9.98. The van der Waals surface area contributed by atoms with Crippen LogP contribution in [0.2, 0.25) is 0 Å². The molecule has 1 aromatic rings. The van der Waals surface area contributed by atoms with Crippen LogP contribution in [0.3, 0.4) is 0 Å². The molecule has 0 amide bonds. The molecular weight excluding hydrogens is 242 g/mol. The summed E-state index contributed by atoms with van der Waals surface area (Å²) in [7, 11) is -3.28. The summed E-state index contributed by atoms with van der Waals surface area (Å²) in [6.07, 6.45) is 0.897. The minimum absolute atomic E-state index is 0.112. The lowest BCUT2D eigenvalue weighted by Gasteiger charge is -2.29. The summed E-state index contributed by atoms with van der Waals surface area (Å²) in [6.45, 7) is 1.14. The third kappa shape index (κ3) is 2.65. The molecule has 0 atom stereocenters. The minimum Gasteiger partial charge on any atom is -0.478 e. The molecule has 0 unspecified atom stereocenters. The number of carbonyl (C=O) groups is 1. The van der Waals surface area contributed by atoms with E-state index in [-0.39, 0.29) is 11.3 Å². The van der Waals surface area contributed by atoms with Gasteiger partial charge in [-0.3, -0.25) is 0 Å². The average Bonchev–Trinajstić information content (AvgIpc) is 2.13. The van der Waals surface area contributed by atoms with Crippen LogP contribution in [0.1, 0.15) is 22.3 Å². The Kier molecular flexibility index (Phi) is 3.17. The van der Waals surface area contributed by atoms with Gasteiger partial charge in [0.15, 0.2) is 0 Å². The quantitative estimate of drug-likeness (QED) is 0.868. The van der Waals surface area contributed by atoms with Gasteiger partial charge >= 0.3 is 5.97 Å². The normalized spacial score (nSPS) is 16.5. The Labute approximate surface area is 99.7 Å². The van der Waals surface area contributed by atoms with E-state index in [0.29, 0.717) is 18.7 Å². The highest BCUT2D eigenvalue weighted by atomic mass is 32.2. The van der Waals surface area contributed by atoms with Gasteiger partial charge in [0, 0.05) is 13.1 Å². The fraction of sp³-hybridized carbons (Fsp3) is 0.364. The number of sulfonamides is 1. The molecule has 1 saturated heterocycles. The molecule has 5 nitrogen and oxygen atoms in total. The number of carboxylic acid groups (broad SMARTS) is 1. The number of hydrogen-bond acceptors (Lipinski definition) is 3. The van der Waals surface area contributed by atoms with Crippen molar-refractivity contribution in [3.63, 3.8) is 0 Å². The van der Waals surface area contributed by atoms with Crippen molar-refractivity contribution in [2.45, 2.75) is 12.2 Å². The van der Waals surface area contributed by atoms with Gasteiger partial charge in [-0.25, -0.2) is 17.5 Å². The fourth-order valence-corrected chi connectivity index (χ4v) is 3.26. The highest BCUT2D eigenvalue weighted by molar-refractivity contribution is 7.88. The molecule has 0 aliphatic carbocycles. The molecule has 1 aliphatic rings. The molecule has 0 spiro atoms. The Hall–Kier alpha value is -1.40. The van der Waals surface area contributed by atoms with E-state index < -0.39 is 16.0 Å². The largest absolute Gasteiger partial charge is 0.478 e. The van der Waals surface area contributed by atoms with Crippen molar-refractivity contribution in [3.05, 3.63) is 35.4 Å². The molecule has 1 aliphatic heterocycles. The standard InChI is InChI=1S/C11H13NO4S/c13-11(14)10-4-1-3-9(7-10)8-17(15,16)12-5-2-6-12/h1,3-4,7H,2,5-6,8H2,(H,13,14). The maximum absolute atomic E-state index is 11.8. The first-order valence-electron chi connectivity index (χ1n) is 5.29. The van der Waals surface area contributed by atoms with Crippen LogP contribution in [0.4, 0.5) is 0 Å². The van der Waals surface area contributed by atoms with Gasteiger partial charge in [-0.2, -0.15) is 0 Å². The van der Waals surface area contributed by atoms with Crippen LogP contribution < -0.4 is 0 Å². The first-order valence-corrected chi connectivity index (χ1v) is 6.90. The number of nitrogens with zero attached hydrogens (tertiary/aromatic N) is 1. The zero-order chi connectivity index (χ0) is 12.5. The SMILES string of the molecule is O=C(O)c1cccc(CS(=O)(=O)N2CCC2)c1. The molecule has 6 heteroatoms. The first kappa shape index (κ1) is 12.1. The van der Waals surface area contributed by atoms with Gasteiger partial charge in [0.25, 0.3) is 0 Å². The number of benzene rings is 1. The van der Waals surface area contributed by atoms with E-state index >= 15 is 0 Å². The van der Waals surface area contributed by atoms with Crippen LogP contribution in [0.5, 0.6) is 0 Å². The van der Waals surface area contributed by atoms with Crippen molar-refractivity contribution >= 4 is 16.0 Å². The Bertz CT molecular complexity index is 534. The summed E-state index contributed by atoms with van der Waals surface area (Å²) >= 11 is 0. The maximum atomic E-state index is 11.8. The maximum Gasteiger partial charge on any atom is 0.335 e. The summed E-state index contributed by atoms with van der Waals surface area (Å²) in [6, 6.07) is 6.04. The summed E-state index contributed by atoms with van der Waals surface area (Å²) in [5, 5.41) is 8.81. The summed E-state index contributed by atoms with van der Waals surface area (Å²) in [5.74, 6) is -1.18. The van der Waals surface area contributed by atoms with Crippen LogP contribution in [-0.4, -0.2) is 36.9 Å². The molecule has 1 heterocycles. The molecule has 0 saturated carbocycles. The zero-order valence-electron chi connectivity index (χ0n) is 9.17. The predicted octanol–water partition coefficient (Wildman–Crippen LogP) is 0.920. The van der Waals surface area contributed by atoms with Crippen molar-refractivity contribution in [3.8, 4) is 0 Å². The second-order valence-electron chi connectivity index (χ2n) is 4.01. The van der Waals surface area contributed by atoms with Crippen molar-refractivity contribution < 1.29 is 18.3 Å². The van der Waals surface area contributed by atoms with E-state index in [2.05, 4.69) is 0 Å². The van der Waals surface area contributed by atoms with E-state index in [0.717, 1.165) is 6.42 Å². The van der Waals surface area contributed by atoms with Gasteiger partial charge in [-0.1, -0.05) is 12.1 Å². The Morgan fingerprint density at radius 3 is 2.59 bits per heavy atom. The molecular formula is C11H13NO4S. The predicted molar refractivity (Wildman–Crippen MR) is 62.2 cm³/mol. The van der Waals surface area contributed by atoms with Crippen molar-refractivity contribution in [2.24, 2.45) is 0 Å². The second-order valence-corrected chi connectivity index (χ2v) is 5.98. The van der Waals surface area contributed by atoms with Crippen molar-refractivity contribution in [1.82, 2.24) is 4.31 Å². The smallest absolute Gasteiger partial charge is 0.335 e. The van der Waals surface area contributed by atoms with Crippen molar-refractivity contribution in [1.29, 1.82) is 0 Å². The molecule has 1 aromatic carbocycles. The first-order chi connectivity index (χ1) is 7.99. The Morgan fingerprint density at radius 1 is 1.35 bits per heavy atom. The van der Waals surface area contributed by atoms with Gasteiger partial charge < -0.3 is 5.11 Å². The highest BCUT2D eigenvalue weighted by Crippen LogP contribution is 2.17. The Balaban J connectivity index is 2.18. The summed E-state index contributed by atoms with van der Waals surface area (Å²) in [4.78, 5) is 10.8. The van der Waals surface area contributed by atoms with Crippen LogP contribution in [-0.2, 0) is 15.8 Å². The van der Waals surface area contributed by atoms with Crippen LogP contribution >= 0.6 is 0 Å². The second kappa shape index (κ2) is 4.46. The molecule has 2 rings (SSSR count). The lowest BCUT2D eigenvalue weighted by Crippen LogP contribution is -2.42. The molecule has 0 bridgehead atoms. The molecule has 0 radical (unpaired) electrons. The lowest BCUT2D eigenvalue weighted by molar-refractivity contribution is 0.0696. The minimum atomic E-state index is -3.28. The summed E-state index contributed by atoms with van der Waals surface area (Å²) < 4.78 is 25.1. The van der Waals surface area contributed by atoms with E-state index in [1.165, 1.54) is 16.4 Å². The van der Waals surface area contributed by atoms with Gasteiger partial charge in [0.2, 0.25) is 10.0 Å². The van der Waals surface area contributed by atoms with E-state index in [1.54, 1.807) is 12.1 Å². The number of rotatable bonds is 4. The number of aromatic carboxylic acids is 1. The third-order valence-electron chi connectivity index (χ3n) is 2.73. The Morgan fingerprint density at radius 2 is 2.06 bits per heavy atom. The van der Waals surface area contributed by atoms with Gasteiger partial charge in [0.05, 0.1) is 11.3 Å². The number of carboxylic acids is 1. The third-order valence-corrected chi connectivity index (χ3v) is 4.58. The molecule has 1 fully saturated rings. The van der Waals surface area contributed by atoms with Crippen LogP contribution in [0.15, 0.2) is 24.3 Å². The average molecular weight is 255 g/mol. The monoisotopic (exact) mass is 255 g/mol. The van der Waals surface area contributed by atoms with E-state index in [1.807, 2.05) is 0 Å². The van der Waals surface area contributed by atoms with Crippen LogP contribution in [0, 0.1) is 0 Å². The van der Waals surface area contributed by atoms with Crippen LogP contribution in [0.25, 0.3) is 0 Å². The lowest BCUT2D eigenvalue weighted by atomic mass is 10.1.